The van der Waals surface area contributed by atoms with Crippen LogP contribution < -0.4 is 4.74 Å². The lowest BCUT2D eigenvalue weighted by Gasteiger charge is -2.14. The van der Waals surface area contributed by atoms with Gasteiger partial charge in [-0.15, -0.1) is 0 Å². The fourth-order valence-corrected chi connectivity index (χ4v) is 3.07. The van der Waals surface area contributed by atoms with Gasteiger partial charge in [0.25, 0.3) is 0 Å². The Kier molecular flexibility index (Phi) is 5.98. The van der Waals surface area contributed by atoms with E-state index in [4.69, 9.17) is 20.9 Å². The molecule has 1 N–H and O–H groups in total. The van der Waals surface area contributed by atoms with Crippen molar-refractivity contribution in [2.45, 2.75) is 19.3 Å². The highest BCUT2D eigenvalue weighted by molar-refractivity contribution is 7.78. The van der Waals surface area contributed by atoms with Crippen molar-refractivity contribution < 1.29 is 13.5 Å². The minimum atomic E-state index is -1.98. The van der Waals surface area contributed by atoms with Crippen LogP contribution in [0.5, 0.6) is 5.75 Å². The van der Waals surface area contributed by atoms with Crippen LogP contribution in [0, 0.1) is 6.92 Å². The lowest BCUT2D eigenvalue weighted by molar-refractivity contribution is 0.307. The summed E-state index contributed by atoms with van der Waals surface area (Å²) in [5.41, 5.74) is 3.29. The molecule has 0 aliphatic heterocycles. The molecule has 3 aromatic rings. The third-order valence-electron chi connectivity index (χ3n) is 3.75. The Labute approximate surface area is 159 Å². The Morgan fingerprint density at radius 1 is 1.15 bits per heavy atom. The fraction of sp³-hybridized carbons (Fsp3) is 0.158. The highest BCUT2D eigenvalue weighted by Gasteiger charge is 2.13. The average molecular weight is 389 g/mol. The lowest BCUT2D eigenvalue weighted by atomic mass is 10.0. The van der Waals surface area contributed by atoms with Gasteiger partial charge in [0.15, 0.2) is 11.1 Å². The Bertz CT molecular complexity index is 935. The van der Waals surface area contributed by atoms with Crippen molar-refractivity contribution in [3.8, 4) is 16.9 Å². The van der Waals surface area contributed by atoms with Gasteiger partial charge in [0.05, 0.1) is 0 Å². The molecule has 26 heavy (non-hydrogen) atoms. The Morgan fingerprint density at radius 2 is 1.92 bits per heavy atom. The van der Waals surface area contributed by atoms with Crippen molar-refractivity contribution in [2.24, 2.45) is 0 Å². The molecule has 0 amide bonds. The first kappa shape index (κ1) is 18.5. The van der Waals surface area contributed by atoms with E-state index in [-0.39, 0.29) is 5.75 Å². The summed E-state index contributed by atoms with van der Waals surface area (Å²) in [6, 6.07) is 15.3. The second-order valence-corrected chi connectivity index (χ2v) is 7.03. The highest BCUT2D eigenvalue weighted by atomic mass is 35.5. The van der Waals surface area contributed by atoms with E-state index in [1.54, 1.807) is 18.3 Å². The van der Waals surface area contributed by atoms with E-state index in [0.29, 0.717) is 28.9 Å². The van der Waals surface area contributed by atoms with Crippen molar-refractivity contribution in [1.29, 1.82) is 0 Å². The smallest absolute Gasteiger partial charge is 0.160 e. The van der Waals surface area contributed by atoms with Crippen molar-refractivity contribution >= 4 is 22.7 Å². The second kappa shape index (κ2) is 8.40. The summed E-state index contributed by atoms with van der Waals surface area (Å²) in [5, 5.41) is 0.576. The molecule has 0 spiro atoms. The van der Waals surface area contributed by atoms with Gasteiger partial charge in [0.2, 0.25) is 0 Å². The van der Waals surface area contributed by atoms with Crippen LogP contribution in [0.1, 0.15) is 17.1 Å². The molecule has 1 heterocycles. The topological polar surface area (TPSA) is 72.3 Å². The number of hydrogen-bond donors (Lipinski definition) is 1. The van der Waals surface area contributed by atoms with Crippen molar-refractivity contribution in [2.75, 3.05) is 0 Å². The first-order chi connectivity index (χ1) is 12.5. The van der Waals surface area contributed by atoms with E-state index in [1.807, 2.05) is 43.3 Å². The van der Waals surface area contributed by atoms with Gasteiger partial charge >= 0.3 is 0 Å². The molecule has 2 aromatic carbocycles. The zero-order chi connectivity index (χ0) is 18.5. The Balaban J connectivity index is 1.91. The molecule has 7 heteroatoms. The minimum absolute atomic E-state index is 0.103. The van der Waals surface area contributed by atoms with E-state index in [2.05, 4.69) is 9.97 Å². The SMILES string of the molecule is Cc1nc(CS(=O)O)ncc1-c1cc(Cl)ccc1OCc1ccccc1. The minimum Gasteiger partial charge on any atom is -0.488 e. The molecule has 0 radical (unpaired) electrons. The molecule has 0 aliphatic rings. The van der Waals surface area contributed by atoms with Crippen LogP contribution in [0.25, 0.3) is 11.1 Å². The number of nitrogens with zero attached hydrogens (tertiary/aromatic N) is 2. The molecular formula is C19H17ClN2O3S. The molecular weight excluding hydrogens is 372 g/mol. The van der Waals surface area contributed by atoms with Crippen molar-refractivity contribution in [3.63, 3.8) is 0 Å². The standard InChI is InChI=1S/C19H17ClN2O3S/c1-13-17(10-21-19(22-13)12-26(23)24)16-9-15(20)7-8-18(16)25-11-14-5-3-2-4-6-14/h2-10H,11-12H2,1H3,(H,23,24). The number of rotatable bonds is 6. The molecule has 134 valence electrons. The summed E-state index contributed by atoms with van der Waals surface area (Å²) >= 11 is 4.19. The van der Waals surface area contributed by atoms with Gasteiger partial charge in [-0.2, -0.15) is 0 Å². The summed E-state index contributed by atoms with van der Waals surface area (Å²) in [4.78, 5) is 8.50. The van der Waals surface area contributed by atoms with Gasteiger partial charge in [-0.3, -0.25) is 0 Å². The lowest BCUT2D eigenvalue weighted by Crippen LogP contribution is -2.03. The highest BCUT2D eigenvalue weighted by Crippen LogP contribution is 2.34. The molecule has 0 saturated heterocycles. The summed E-state index contributed by atoms with van der Waals surface area (Å²) in [6.45, 7) is 2.25. The molecule has 5 nitrogen and oxygen atoms in total. The van der Waals surface area contributed by atoms with E-state index < -0.39 is 11.1 Å². The monoisotopic (exact) mass is 388 g/mol. The Morgan fingerprint density at radius 3 is 2.62 bits per heavy atom. The first-order valence-corrected chi connectivity index (χ1v) is 9.55. The van der Waals surface area contributed by atoms with Crippen LogP contribution in [-0.2, 0) is 23.4 Å². The molecule has 0 fully saturated rings. The van der Waals surface area contributed by atoms with Gasteiger partial charge in [0.1, 0.15) is 23.9 Å². The predicted molar refractivity (Wildman–Crippen MR) is 102 cm³/mol. The second-order valence-electron chi connectivity index (χ2n) is 5.67. The molecule has 0 bridgehead atoms. The van der Waals surface area contributed by atoms with Gasteiger partial charge in [-0.05, 0) is 30.7 Å². The largest absolute Gasteiger partial charge is 0.488 e. The number of hydrogen-bond acceptors (Lipinski definition) is 4. The maximum absolute atomic E-state index is 10.9. The van der Waals surface area contributed by atoms with Crippen LogP contribution in [-0.4, -0.2) is 18.7 Å². The number of halogens is 1. The van der Waals surface area contributed by atoms with Crippen molar-refractivity contribution in [3.05, 3.63) is 76.8 Å². The third-order valence-corrected chi connectivity index (χ3v) is 4.49. The molecule has 1 atom stereocenters. The van der Waals surface area contributed by atoms with Gasteiger partial charge in [0, 0.05) is 28.0 Å². The molecule has 1 unspecified atom stereocenters. The molecule has 0 aliphatic carbocycles. The number of ether oxygens (including phenoxy) is 1. The van der Waals surface area contributed by atoms with E-state index in [0.717, 1.165) is 16.7 Å². The van der Waals surface area contributed by atoms with Crippen LogP contribution >= 0.6 is 11.6 Å². The molecule has 0 saturated carbocycles. The van der Waals surface area contributed by atoms with E-state index in [9.17, 15) is 4.21 Å². The van der Waals surface area contributed by atoms with E-state index in [1.165, 1.54) is 0 Å². The van der Waals surface area contributed by atoms with Crippen LogP contribution in [0.4, 0.5) is 0 Å². The number of aromatic nitrogens is 2. The summed E-state index contributed by atoms with van der Waals surface area (Å²) in [6.07, 6.45) is 1.63. The van der Waals surface area contributed by atoms with Gasteiger partial charge in [-0.25, -0.2) is 14.2 Å². The summed E-state index contributed by atoms with van der Waals surface area (Å²) in [5.74, 6) is 0.887. The van der Waals surface area contributed by atoms with Crippen LogP contribution in [0.2, 0.25) is 5.02 Å². The van der Waals surface area contributed by atoms with Crippen LogP contribution in [0.15, 0.2) is 54.7 Å². The third kappa shape index (κ3) is 4.66. The van der Waals surface area contributed by atoms with Crippen molar-refractivity contribution in [1.82, 2.24) is 9.97 Å². The summed E-state index contributed by atoms with van der Waals surface area (Å²) in [7, 11) is 0. The quantitative estimate of drug-likeness (QED) is 0.633. The molecule has 1 aromatic heterocycles. The normalized spacial score (nSPS) is 12.0. The van der Waals surface area contributed by atoms with Gasteiger partial charge in [-0.1, -0.05) is 41.9 Å². The maximum Gasteiger partial charge on any atom is 0.160 e. The number of benzene rings is 2. The predicted octanol–water partition coefficient (Wildman–Crippen LogP) is 4.41. The van der Waals surface area contributed by atoms with E-state index >= 15 is 0 Å². The first-order valence-electron chi connectivity index (χ1n) is 7.89. The summed E-state index contributed by atoms with van der Waals surface area (Å²) < 4.78 is 25.9. The average Bonchev–Trinajstić information content (AvgIpc) is 2.61. The fourth-order valence-electron chi connectivity index (χ4n) is 2.53. The van der Waals surface area contributed by atoms with Gasteiger partial charge < -0.3 is 9.29 Å². The molecule has 3 rings (SSSR count). The van der Waals surface area contributed by atoms with Crippen LogP contribution in [0.3, 0.4) is 0 Å². The zero-order valence-corrected chi connectivity index (χ0v) is 15.6. The Hall–Kier alpha value is -2.28. The zero-order valence-electron chi connectivity index (χ0n) is 14.1. The number of aryl methyl sites for hydroxylation is 1. The maximum atomic E-state index is 10.9.